The summed E-state index contributed by atoms with van der Waals surface area (Å²) in [6, 6.07) is 9.35. The molecule has 0 aliphatic heterocycles. The first-order chi connectivity index (χ1) is 15.1. The first-order valence-electron chi connectivity index (χ1n) is 10.1. The third kappa shape index (κ3) is 7.81. The van der Waals surface area contributed by atoms with Crippen molar-refractivity contribution in [3.05, 3.63) is 70.8 Å². The van der Waals surface area contributed by atoms with Gasteiger partial charge in [-0.3, -0.25) is 4.72 Å². The molecule has 0 fully saturated rings. The summed E-state index contributed by atoms with van der Waals surface area (Å²) in [6.45, 7) is 9.81. The Labute approximate surface area is 192 Å². The van der Waals surface area contributed by atoms with Crippen LogP contribution in [0.3, 0.4) is 0 Å². The first kappa shape index (κ1) is 26.2. The molecule has 2 amide bonds. The minimum atomic E-state index is -4.82. The van der Waals surface area contributed by atoms with Crippen molar-refractivity contribution < 1.29 is 26.4 Å². The molecule has 0 saturated carbocycles. The monoisotopic (exact) mass is 483 g/mol. The number of hydrogen-bond acceptors (Lipinski definition) is 3. The lowest BCUT2D eigenvalue weighted by atomic mass is 9.87. The van der Waals surface area contributed by atoms with Crippen LogP contribution in [0.1, 0.15) is 48.6 Å². The maximum absolute atomic E-state index is 13.6. The van der Waals surface area contributed by atoms with Crippen LogP contribution in [-0.4, -0.2) is 20.7 Å². The fourth-order valence-electron chi connectivity index (χ4n) is 3.06. The lowest BCUT2D eigenvalue weighted by molar-refractivity contribution is -0.137. The van der Waals surface area contributed by atoms with Crippen LogP contribution >= 0.6 is 0 Å². The lowest BCUT2D eigenvalue weighted by Gasteiger charge is -2.19. The third-order valence-electron chi connectivity index (χ3n) is 4.77. The quantitative estimate of drug-likeness (QED) is 0.517. The summed E-state index contributed by atoms with van der Waals surface area (Å²) in [4.78, 5) is 12.2. The number of hydrogen-bond donors (Lipinski definition) is 3. The molecular weight excluding hydrogens is 455 g/mol. The van der Waals surface area contributed by atoms with Gasteiger partial charge in [0.25, 0.3) is 0 Å². The average molecular weight is 484 g/mol. The molecule has 0 aromatic heterocycles. The van der Waals surface area contributed by atoms with Gasteiger partial charge in [0.2, 0.25) is 10.0 Å². The summed E-state index contributed by atoms with van der Waals surface area (Å²) in [7, 11) is -3.95. The standard InChI is InChI=1S/C23H28F3N3O3S/c1-6-17-11-16(12-19(23(24,25)26)20(17)29-33(5,31)32)14-28-21(30)27-13-15-7-9-18(10-8-15)22(2,3)4/h6-12,29H,1,13-14H2,2-5H3,(H2,27,28,30). The topological polar surface area (TPSA) is 87.3 Å². The van der Waals surface area contributed by atoms with Gasteiger partial charge in [0.05, 0.1) is 17.5 Å². The van der Waals surface area contributed by atoms with Crippen molar-refractivity contribution in [2.24, 2.45) is 0 Å². The summed E-state index contributed by atoms with van der Waals surface area (Å²) in [5.74, 6) is 0. The molecule has 0 bridgehead atoms. The number of alkyl halides is 3. The van der Waals surface area contributed by atoms with Crippen LogP contribution in [0.25, 0.3) is 6.08 Å². The Morgan fingerprint density at radius 3 is 2.00 bits per heavy atom. The molecule has 2 aromatic carbocycles. The number of anilines is 1. The highest BCUT2D eigenvalue weighted by Gasteiger charge is 2.35. The van der Waals surface area contributed by atoms with Gasteiger partial charge in [-0.15, -0.1) is 0 Å². The largest absolute Gasteiger partial charge is 0.418 e. The van der Waals surface area contributed by atoms with Gasteiger partial charge < -0.3 is 10.6 Å². The molecule has 2 aromatic rings. The van der Waals surface area contributed by atoms with Crippen LogP contribution in [0.4, 0.5) is 23.7 Å². The van der Waals surface area contributed by atoms with Crippen molar-refractivity contribution in [1.82, 2.24) is 10.6 Å². The molecule has 0 aliphatic carbocycles. The molecular formula is C23H28F3N3O3S. The molecule has 0 heterocycles. The predicted molar refractivity (Wildman–Crippen MR) is 124 cm³/mol. The van der Waals surface area contributed by atoms with Crippen LogP contribution < -0.4 is 15.4 Å². The first-order valence-corrected chi connectivity index (χ1v) is 11.9. The van der Waals surface area contributed by atoms with E-state index in [1.807, 2.05) is 29.0 Å². The van der Waals surface area contributed by atoms with Crippen molar-refractivity contribution in [2.45, 2.75) is 45.5 Å². The average Bonchev–Trinajstić information content (AvgIpc) is 2.69. The molecule has 0 spiro atoms. The van der Waals surface area contributed by atoms with Gasteiger partial charge in [0.15, 0.2) is 0 Å². The van der Waals surface area contributed by atoms with Crippen molar-refractivity contribution >= 4 is 27.8 Å². The molecule has 0 unspecified atom stereocenters. The summed E-state index contributed by atoms with van der Waals surface area (Å²) in [5.41, 5.74) is 0.362. The Bertz CT molecular complexity index is 1120. The van der Waals surface area contributed by atoms with E-state index in [1.165, 1.54) is 6.07 Å². The summed E-state index contributed by atoms with van der Waals surface area (Å²) >= 11 is 0. The zero-order valence-electron chi connectivity index (χ0n) is 18.9. The van der Waals surface area contributed by atoms with Crippen LogP contribution in [0.15, 0.2) is 43.0 Å². The summed E-state index contributed by atoms with van der Waals surface area (Å²) < 4.78 is 65.6. The molecule has 10 heteroatoms. The highest BCUT2D eigenvalue weighted by molar-refractivity contribution is 7.92. The Morgan fingerprint density at radius 1 is 1.00 bits per heavy atom. The summed E-state index contributed by atoms with van der Waals surface area (Å²) in [5, 5.41) is 5.17. The number of halogens is 3. The van der Waals surface area contributed by atoms with Gasteiger partial charge in [0.1, 0.15) is 0 Å². The zero-order chi connectivity index (χ0) is 25.0. The number of rotatable bonds is 7. The second-order valence-corrected chi connectivity index (χ2v) is 10.4. The molecule has 0 atom stereocenters. The highest BCUT2D eigenvalue weighted by atomic mass is 32.2. The maximum atomic E-state index is 13.6. The molecule has 180 valence electrons. The molecule has 0 saturated heterocycles. The van der Waals surface area contributed by atoms with Crippen LogP contribution in [0.2, 0.25) is 0 Å². The smallest absolute Gasteiger partial charge is 0.334 e. The number of amides is 2. The number of carbonyl (C=O) groups is 1. The second-order valence-electron chi connectivity index (χ2n) is 8.67. The van der Waals surface area contributed by atoms with Crippen molar-refractivity contribution in [1.29, 1.82) is 0 Å². The second kappa shape index (κ2) is 9.86. The molecule has 0 radical (unpaired) electrons. The van der Waals surface area contributed by atoms with Gasteiger partial charge >= 0.3 is 12.2 Å². The van der Waals surface area contributed by atoms with Crippen molar-refractivity contribution in [2.75, 3.05) is 11.0 Å². The summed E-state index contributed by atoms with van der Waals surface area (Å²) in [6.07, 6.45) is -2.94. The number of carbonyl (C=O) groups excluding carboxylic acids is 1. The van der Waals surface area contributed by atoms with Crippen molar-refractivity contribution in [3.8, 4) is 0 Å². The Morgan fingerprint density at radius 2 is 1.55 bits per heavy atom. The van der Waals surface area contributed by atoms with Crippen molar-refractivity contribution in [3.63, 3.8) is 0 Å². The van der Waals surface area contributed by atoms with E-state index >= 15 is 0 Å². The van der Waals surface area contributed by atoms with E-state index in [0.29, 0.717) is 0 Å². The molecule has 33 heavy (non-hydrogen) atoms. The lowest BCUT2D eigenvalue weighted by Crippen LogP contribution is -2.34. The van der Waals surface area contributed by atoms with Gasteiger partial charge in [0, 0.05) is 13.1 Å². The zero-order valence-corrected chi connectivity index (χ0v) is 19.7. The SMILES string of the molecule is C=Cc1cc(CNC(=O)NCc2ccc(C(C)(C)C)cc2)cc(C(F)(F)F)c1NS(C)(=O)=O. The molecule has 2 rings (SSSR count). The van der Waals surface area contributed by atoms with E-state index in [1.54, 1.807) is 0 Å². The van der Waals surface area contributed by atoms with E-state index < -0.39 is 33.5 Å². The Kier molecular flexibility index (Phi) is 7.84. The maximum Gasteiger partial charge on any atom is 0.418 e. The van der Waals surface area contributed by atoms with Gasteiger partial charge in [-0.1, -0.05) is 57.7 Å². The van der Waals surface area contributed by atoms with E-state index in [9.17, 15) is 26.4 Å². The molecule has 0 aliphatic rings. The third-order valence-corrected chi connectivity index (χ3v) is 5.34. The fourth-order valence-corrected chi connectivity index (χ4v) is 3.66. The van der Waals surface area contributed by atoms with Crippen LogP contribution in [0.5, 0.6) is 0 Å². The van der Waals surface area contributed by atoms with E-state index in [2.05, 4.69) is 38.0 Å². The number of nitrogens with one attached hydrogen (secondary N) is 3. The minimum Gasteiger partial charge on any atom is -0.334 e. The van der Waals surface area contributed by atoms with Gasteiger partial charge in [-0.05, 0) is 39.8 Å². The Balaban J connectivity index is 2.11. The van der Waals surface area contributed by atoms with Crippen LogP contribution in [-0.2, 0) is 34.7 Å². The van der Waals surface area contributed by atoms with E-state index in [4.69, 9.17) is 0 Å². The van der Waals surface area contributed by atoms with E-state index in [-0.39, 0.29) is 29.6 Å². The Hall–Kier alpha value is -3.01. The minimum absolute atomic E-state index is 0.00920. The predicted octanol–water partition coefficient (Wildman–Crippen LogP) is 5.02. The molecule has 6 nitrogen and oxygen atoms in total. The number of sulfonamides is 1. The van der Waals surface area contributed by atoms with Crippen LogP contribution in [0, 0.1) is 0 Å². The number of benzene rings is 2. The number of urea groups is 1. The van der Waals surface area contributed by atoms with Gasteiger partial charge in [-0.25, -0.2) is 13.2 Å². The normalized spacial score (nSPS) is 12.2. The van der Waals surface area contributed by atoms with E-state index in [0.717, 1.165) is 29.5 Å². The molecule has 3 N–H and O–H groups in total. The van der Waals surface area contributed by atoms with Gasteiger partial charge in [-0.2, -0.15) is 13.2 Å². The highest BCUT2D eigenvalue weighted by Crippen LogP contribution is 2.38. The fraction of sp³-hybridized carbons (Fsp3) is 0.348.